The molecular formula is C16H26O2Si. The van der Waals surface area contributed by atoms with Crippen molar-refractivity contribution in [3.8, 4) is 5.75 Å². The van der Waals surface area contributed by atoms with Crippen LogP contribution in [0.2, 0.25) is 12.1 Å². The summed E-state index contributed by atoms with van der Waals surface area (Å²) in [5, 5.41) is 0. The molecule has 0 N–H and O–H groups in total. The second-order valence-electron chi connectivity index (χ2n) is 4.72. The minimum Gasteiger partial charge on any atom is -0.520 e. The van der Waals surface area contributed by atoms with Gasteiger partial charge in [-0.05, 0) is 24.6 Å². The van der Waals surface area contributed by atoms with E-state index in [1.807, 2.05) is 30.3 Å². The molecule has 0 unspecified atom stereocenters. The molecule has 0 aliphatic carbocycles. The molecule has 0 fully saturated rings. The Kier molecular flexibility index (Phi) is 6.88. The molecule has 0 radical (unpaired) electrons. The summed E-state index contributed by atoms with van der Waals surface area (Å²) in [6.45, 7) is 10.9. The smallest absolute Gasteiger partial charge is 0.398 e. The summed E-state index contributed by atoms with van der Waals surface area (Å²) in [7, 11) is -2.09. The summed E-state index contributed by atoms with van der Waals surface area (Å²) < 4.78 is 12.4. The quantitative estimate of drug-likeness (QED) is 0.591. The molecule has 0 saturated heterocycles. The van der Waals surface area contributed by atoms with E-state index in [0.717, 1.165) is 42.8 Å². The van der Waals surface area contributed by atoms with Crippen LogP contribution in [0, 0.1) is 0 Å². The van der Waals surface area contributed by atoms with Gasteiger partial charge in [0, 0.05) is 18.7 Å². The molecule has 0 aliphatic rings. The monoisotopic (exact) mass is 278 g/mol. The minimum absolute atomic E-state index is 0.733. The number of hydrogen-bond acceptors (Lipinski definition) is 2. The third kappa shape index (κ3) is 4.84. The average Bonchev–Trinajstić information content (AvgIpc) is 2.40. The number of hydrogen-bond donors (Lipinski definition) is 0. The van der Waals surface area contributed by atoms with Crippen LogP contribution in [0.3, 0.4) is 0 Å². The van der Waals surface area contributed by atoms with Crippen LogP contribution in [0.25, 0.3) is 6.08 Å². The van der Waals surface area contributed by atoms with E-state index in [2.05, 4.69) is 27.4 Å². The first-order valence-corrected chi connectivity index (χ1v) is 9.48. The molecule has 0 aliphatic heterocycles. The lowest BCUT2D eigenvalue weighted by Gasteiger charge is -2.30. The van der Waals surface area contributed by atoms with Gasteiger partial charge < -0.3 is 8.85 Å². The molecule has 106 valence electrons. The van der Waals surface area contributed by atoms with Crippen LogP contribution in [-0.2, 0) is 4.43 Å². The van der Waals surface area contributed by atoms with E-state index >= 15 is 0 Å². The van der Waals surface area contributed by atoms with E-state index in [0.29, 0.717) is 0 Å². The first-order chi connectivity index (χ1) is 9.19. The van der Waals surface area contributed by atoms with E-state index < -0.39 is 8.56 Å². The fraction of sp³-hybridized carbons (Fsp3) is 0.500. The predicted octanol–water partition coefficient (Wildman–Crippen LogP) is 5.01. The van der Waals surface area contributed by atoms with Gasteiger partial charge in [0.15, 0.2) is 0 Å². The summed E-state index contributed by atoms with van der Waals surface area (Å²) in [4.78, 5) is 0. The van der Waals surface area contributed by atoms with Crippen molar-refractivity contribution in [1.29, 1.82) is 0 Å². The van der Waals surface area contributed by atoms with Gasteiger partial charge in [-0.3, -0.25) is 0 Å². The molecule has 3 heteroatoms. The third-order valence-electron chi connectivity index (χ3n) is 3.09. The number of benzene rings is 1. The fourth-order valence-electron chi connectivity index (χ4n) is 2.31. The Hall–Kier alpha value is -1.06. The van der Waals surface area contributed by atoms with Crippen LogP contribution in [0.1, 0.15) is 39.2 Å². The van der Waals surface area contributed by atoms with E-state index in [9.17, 15) is 0 Å². The Morgan fingerprint density at radius 1 is 1.05 bits per heavy atom. The minimum atomic E-state index is -2.09. The summed E-state index contributed by atoms with van der Waals surface area (Å²) in [6.07, 6.45) is 4.06. The van der Waals surface area contributed by atoms with Gasteiger partial charge in [-0.1, -0.05) is 51.5 Å². The largest absolute Gasteiger partial charge is 0.520 e. The summed E-state index contributed by atoms with van der Waals surface area (Å²) in [5.74, 6) is 0.924. The molecule has 2 nitrogen and oxygen atoms in total. The van der Waals surface area contributed by atoms with Crippen molar-refractivity contribution in [2.24, 2.45) is 0 Å². The summed E-state index contributed by atoms with van der Waals surface area (Å²) >= 11 is 0. The number of rotatable bonds is 9. The zero-order valence-corrected chi connectivity index (χ0v) is 13.4. The molecule has 0 bridgehead atoms. The van der Waals surface area contributed by atoms with Crippen LogP contribution < -0.4 is 4.43 Å². The second-order valence-corrected chi connectivity index (χ2v) is 8.03. The van der Waals surface area contributed by atoms with Crippen molar-refractivity contribution in [2.45, 2.75) is 45.7 Å². The topological polar surface area (TPSA) is 18.5 Å². The molecule has 0 amide bonds. The molecule has 0 saturated carbocycles. The normalized spacial score (nSPS) is 11.3. The van der Waals surface area contributed by atoms with Gasteiger partial charge in [0.1, 0.15) is 5.75 Å². The van der Waals surface area contributed by atoms with Crippen LogP contribution in [0.15, 0.2) is 30.8 Å². The Bertz CT molecular complexity index is 356. The van der Waals surface area contributed by atoms with Gasteiger partial charge in [-0.15, -0.1) is 0 Å². The molecule has 1 aromatic rings. The van der Waals surface area contributed by atoms with Gasteiger partial charge in [-0.25, -0.2) is 0 Å². The summed E-state index contributed by atoms with van der Waals surface area (Å²) in [5.41, 5.74) is 1.11. The standard InChI is InChI=1S/C16H26O2Si/c1-5-13-19(14-6-2,17-8-4)18-16-11-9-15(7-3)10-12-16/h7,9-12H,3,5-6,8,13-14H2,1-2,4H3. The highest BCUT2D eigenvalue weighted by molar-refractivity contribution is 6.68. The third-order valence-corrected chi connectivity index (χ3v) is 7.03. The average molecular weight is 278 g/mol. The highest BCUT2D eigenvalue weighted by Gasteiger charge is 2.37. The lowest BCUT2D eigenvalue weighted by Crippen LogP contribution is -2.45. The van der Waals surface area contributed by atoms with Gasteiger partial charge in [0.25, 0.3) is 0 Å². The van der Waals surface area contributed by atoms with Gasteiger partial charge in [0.2, 0.25) is 0 Å². The molecule has 0 atom stereocenters. The van der Waals surface area contributed by atoms with Gasteiger partial charge >= 0.3 is 8.56 Å². The Morgan fingerprint density at radius 2 is 1.63 bits per heavy atom. The highest BCUT2D eigenvalue weighted by atomic mass is 28.4. The Morgan fingerprint density at radius 3 is 2.05 bits per heavy atom. The van der Waals surface area contributed by atoms with Crippen LogP contribution >= 0.6 is 0 Å². The maximum absolute atomic E-state index is 6.31. The van der Waals surface area contributed by atoms with Crippen molar-refractivity contribution >= 4 is 14.6 Å². The SMILES string of the molecule is C=Cc1ccc(O[Si](CCC)(CCC)OCC)cc1. The first-order valence-electron chi connectivity index (χ1n) is 7.25. The molecule has 0 heterocycles. The molecule has 1 aromatic carbocycles. The molecule has 0 spiro atoms. The van der Waals surface area contributed by atoms with Gasteiger partial charge in [-0.2, -0.15) is 0 Å². The maximum atomic E-state index is 6.31. The van der Waals surface area contributed by atoms with E-state index in [-0.39, 0.29) is 0 Å². The van der Waals surface area contributed by atoms with Crippen LogP contribution in [-0.4, -0.2) is 15.2 Å². The highest BCUT2D eigenvalue weighted by Crippen LogP contribution is 2.26. The van der Waals surface area contributed by atoms with Crippen LogP contribution in [0.5, 0.6) is 5.75 Å². The predicted molar refractivity (Wildman–Crippen MR) is 84.7 cm³/mol. The van der Waals surface area contributed by atoms with E-state index in [1.54, 1.807) is 0 Å². The molecular weight excluding hydrogens is 252 g/mol. The fourth-order valence-corrected chi connectivity index (χ4v) is 5.73. The van der Waals surface area contributed by atoms with Crippen molar-refractivity contribution in [1.82, 2.24) is 0 Å². The molecule has 0 aromatic heterocycles. The van der Waals surface area contributed by atoms with Crippen molar-refractivity contribution < 1.29 is 8.85 Å². The Balaban J connectivity index is 2.86. The van der Waals surface area contributed by atoms with Crippen molar-refractivity contribution in [3.05, 3.63) is 36.4 Å². The van der Waals surface area contributed by atoms with Crippen LogP contribution in [0.4, 0.5) is 0 Å². The molecule has 1 rings (SSSR count). The van der Waals surface area contributed by atoms with E-state index in [4.69, 9.17) is 8.85 Å². The van der Waals surface area contributed by atoms with Gasteiger partial charge in [0.05, 0.1) is 0 Å². The lowest BCUT2D eigenvalue weighted by molar-refractivity contribution is 0.248. The van der Waals surface area contributed by atoms with Crippen molar-refractivity contribution in [3.63, 3.8) is 0 Å². The Labute approximate surface area is 118 Å². The second kappa shape index (κ2) is 8.18. The zero-order chi connectivity index (χ0) is 14.1. The zero-order valence-electron chi connectivity index (χ0n) is 12.4. The lowest BCUT2D eigenvalue weighted by atomic mass is 10.2. The maximum Gasteiger partial charge on any atom is 0.398 e. The summed E-state index contributed by atoms with van der Waals surface area (Å²) in [6, 6.07) is 10.2. The first kappa shape index (κ1) is 16.0. The van der Waals surface area contributed by atoms with E-state index in [1.165, 1.54) is 0 Å². The van der Waals surface area contributed by atoms with Crippen molar-refractivity contribution in [2.75, 3.05) is 6.61 Å². The molecule has 19 heavy (non-hydrogen) atoms.